The predicted molar refractivity (Wildman–Crippen MR) is 106 cm³/mol. The van der Waals surface area contributed by atoms with E-state index in [1.165, 1.54) is 16.9 Å². The van der Waals surface area contributed by atoms with Crippen LogP contribution in [0.5, 0.6) is 0 Å². The van der Waals surface area contributed by atoms with Crippen LogP contribution in [0.25, 0.3) is 10.6 Å². The number of carbonyl (C=O) groups is 2. The molecule has 1 saturated carbocycles. The average molecular weight is 385 g/mol. The number of nitrogens with one attached hydrogen (secondary N) is 1. The normalized spacial score (nSPS) is 17.7. The lowest BCUT2D eigenvalue weighted by atomic mass is 10.2. The molecule has 1 aromatic carbocycles. The standard InChI is InChI=1S/C20H24N4O2S/c1-14-2-4-15(5-3-14)19-22-17(13-27-19)20(26)24-10-8-23(9-11-24)12-18(25)21-16-6-7-16/h2-5,13,16H,6-12H2,1H3,(H,21,25). The fraction of sp³-hybridized carbons (Fsp3) is 0.450. The molecule has 2 aromatic rings. The molecule has 4 rings (SSSR count). The van der Waals surface area contributed by atoms with Crippen molar-refractivity contribution in [2.45, 2.75) is 25.8 Å². The maximum Gasteiger partial charge on any atom is 0.273 e. The Balaban J connectivity index is 1.31. The van der Waals surface area contributed by atoms with Crippen molar-refractivity contribution in [1.29, 1.82) is 0 Å². The second-order valence-corrected chi connectivity index (χ2v) is 8.17. The molecule has 142 valence electrons. The topological polar surface area (TPSA) is 65.5 Å². The maximum absolute atomic E-state index is 12.8. The number of thiazole rings is 1. The largest absolute Gasteiger partial charge is 0.352 e. The zero-order valence-electron chi connectivity index (χ0n) is 15.5. The summed E-state index contributed by atoms with van der Waals surface area (Å²) in [5, 5.41) is 5.72. The Kier molecular flexibility index (Phi) is 5.22. The first-order chi connectivity index (χ1) is 13.1. The molecular formula is C20H24N4O2S. The highest BCUT2D eigenvalue weighted by atomic mass is 32.1. The summed E-state index contributed by atoms with van der Waals surface area (Å²) >= 11 is 1.50. The first kappa shape index (κ1) is 18.1. The number of hydrogen-bond acceptors (Lipinski definition) is 5. The van der Waals surface area contributed by atoms with Gasteiger partial charge in [0.05, 0.1) is 6.54 Å². The minimum absolute atomic E-state index is 0.0216. The molecule has 0 spiro atoms. The highest BCUT2D eigenvalue weighted by Gasteiger charge is 2.27. The van der Waals surface area contributed by atoms with Crippen LogP contribution in [0.1, 0.15) is 28.9 Å². The first-order valence-corrected chi connectivity index (χ1v) is 10.3. The molecule has 1 saturated heterocycles. The summed E-state index contributed by atoms with van der Waals surface area (Å²) < 4.78 is 0. The van der Waals surface area contributed by atoms with Gasteiger partial charge in [0.15, 0.2) is 0 Å². The van der Waals surface area contributed by atoms with Gasteiger partial charge < -0.3 is 10.2 Å². The van der Waals surface area contributed by atoms with Crippen LogP contribution in [-0.2, 0) is 4.79 Å². The summed E-state index contributed by atoms with van der Waals surface area (Å²) in [6.07, 6.45) is 2.21. The molecule has 2 heterocycles. The van der Waals surface area contributed by atoms with Gasteiger partial charge in [0, 0.05) is 43.2 Å². The molecule has 2 aliphatic rings. The lowest BCUT2D eigenvalue weighted by molar-refractivity contribution is -0.122. The van der Waals surface area contributed by atoms with Crippen molar-refractivity contribution in [1.82, 2.24) is 20.1 Å². The van der Waals surface area contributed by atoms with Gasteiger partial charge in [0.25, 0.3) is 5.91 Å². The molecule has 0 atom stereocenters. The maximum atomic E-state index is 12.8. The smallest absolute Gasteiger partial charge is 0.273 e. The van der Waals surface area contributed by atoms with Crippen LogP contribution in [0.4, 0.5) is 0 Å². The van der Waals surface area contributed by atoms with Crippen molar-refractivity contribution >= 4 is 23.2 Å². The number of piperazine rings is 1. The van der Waals surface area contributed by atoms with Crippen molar-refractivity contribution in [3.8, 4) is 10.6 Å². The Hall–Kier alpha value is -2.25. The Bertz CT molecular complexity index is 821. The van der Waals surface area contributed by atoms with Crippen molar-refractivity contribution < 1.29 is 9.59 Å². The molecule has 0 bridgehead atoms. The SMILES string of the molecule is Cc1ccc(-c2nc(C(=O)N3CCN(CC(=O)NC4CC4)CC3)cs2)cc1. The van der Waals surface area contributed by atoms with E-state index in [2.05, 4.69) is 34.3 Å². The fourth-order valence-electron chi connectivity index (χ4n) is 3.18. The van der Waals surface area contributed by atoms with Gasteiger partial charge >= 0.3 is 0 Å². The van der Waals surface area contributed by atoms with Gasteiger partial charge in [-0.3, -0.25) is 14.5 Å². The molecule has 1 N–H and O–H groups in total. The van der Waals surface area contributed by atoms with Crippen LogP contribution in [0.15, 0.2) is 29.6 Å². The number of hydrogen-bond donors (Lipinski definition) is 1. The average Bonchev–Trinajstić information content (AvgIpc) is 3.34. The van der Waals surface area contributed by atoms with Crippen LogP contribution in [0, 0.1) is 6.92 Å². The van der Waals surface area contributed by atoms with Gasteiger partial charge in [-0.25, -0.2) is 4.98 Å². The van der Waals surface area contributed by atoms with Gasteiger partial charge in [0.2, 0.25) is 5.91 Å². The lowest BCUT2D eigenvalue weighted by Crippen LogP contribution is -2.51. The van der Waals surface area contributed by atoms with Crippen molar-refractivity contribution in [3.63, 3.8) is 0 Å². The van der Waals surface area contributed by atoms with E-state index >= 15 is 0 Å². The molecule has 27 heavy (non-hydrogen) atoms. The van der Waals surface area contributed by atoms with Crippen molar-refractivity contribution in [3.05, 3.63) is 40.9 Å². The molecule has 2 fully saturated rings. The van der Waals surface area contributed by atoms with Crippen LogP contribution in [0.2, 0.25) is 0 Å². The second kappa shape index (κ2) is 7.78. The molecule has 6 nitrogen and oxygen atoms in total. The fourth-order valence-corrected chi connectivity index (χ4v) is 3.98. The van der Waals surface area contributed by atoms with E-state index in [1.807, 2.05) is 22.4 Å². The summed E-state index contributed by atoms with van der Waals surface area (Å²) in [6.45, 7) is 5.18. The number of nitrogens with zero attached hydrogens (tertiary/aromatic N) is 3. The van der Waals surface area contributed by atoms with Gasteiger partial charge in [-0.2, -0.15) is 0 Å². The number of carbonyl (C=O) groups excluding carboxylic acids is 2. The molecule has 1 aromatic heterocycles. The molecule has 1 aliphatic carbocycles. The Morgan fingerprint density at radius 3 is 2.52 bits per heavy atom. The number of amides is 2. The predicted octanol–water partition coefficient (Wildman–Crippen LogP) is 2.15. The van der Waals surface area contributed by atoms with E-state index in [0.717, 1.165) is 36.5 Å². The Labute approximate surface area is 163 Å². The van der Waals surface area contributed by atoms with E-state index in [-0.39, 0.29) is 11.8 Å². The lowest BCUT2D eigenvalue weighted by Gasteiger charge is -2.33. The van der Waals surface area contributed by atoms with E-state index in [0.29, 0.717) is 31.4 Å². The van der Waals surface area contributed by atoms with Crippen LogP contribution < -0.4 is 5.32 Å². The van der Waals surface area contributed by atoms with E-state index in [1.54, 1.807) is 0 Å². The second-order valence-electron chi connectivity index (χ2n) is 7.31. The summed E-state index contributed by atoms with van der Waals surface area (Å²) in [6, 6.07) is 8.57. The zero-order valence-corrected chi connectivity index (χ0v) is 16.3. The summed E-state index contributed by atoms with van der Waals surface area (Å²) in [5.74, 6) is 0.0752. The van der Waals surface area contributed by atoms with Gasteiger partial charge in [-0.15, -0.1) is 11.3 Å². The first-order valence-electron chi connectivity index (χ1n) is 9.42. The summed E-state index contributed by atoms with van der Waals surface area (Å²) in [4.78, 5) is 33.2. The molecule has 2 amide bonds. The van der Waals surface area contributed by atoms with Crippen LogP contribution >= 0.6 is 11.3 Å². The van der Waals surface area contributed by atoms with Crippen molar-refractivity contribution in [2.24, 2.45) is 0 Å². The van der Waals surface area contributed by atoms with Gasteiger partial charge in [-0.1, -0.05) is 29.8 Å². The quantitative estimate of drug-likeness (QED) is 0.858. The van der Waals surface area contributed by atoms with Crippen molar-refractivity contribution in [2.75, 3.05) is 32.7 Å². The van der Waals surface area contributed by atoms with Gasteiger partial charge in [-0.05, 0) is 19.8 Å². The summed E-state index contributed by atoms with van der Waals surface area (Å²) in [7, 11) is 0. The molecule has 7 heteroatoms. The van der Waals surface area contributed by atoms with Crippen LogP contribution in [-0.4, -0.2) is 65.4 Å². The number of aryl methyl sites for hydroxylation is 1. The minimum atomic E-state index is -0.0216. The number of rotatable bonds is 5. The minimum Gasteiger partial charge on any atom is -0.352 e. The Morgan fingerprint density at radius 1 is 1.15 bits per heavy atom. The number of aromatic nitrogens is 1. The van der Waals surface area contributed by atoms with Gasteiger partial charge in [0.1, 0.15) is 10.7 Å². The van der Waals surface area contributed by atoms with E-state index in [9.17, 15) is 9.59 Å². The van der Waals surface area contributed by atoms with Crippen LogP contribution in [0.3, 0.4) is 0 Å². The monoisotopic (exact) mass is 384 g/mol. The van der Waals surface area contributed by atoms with E-state index < -0.39 is 0 Å². The number of benzene rings is 1. The summed E-state index contributed by atoms with van der Waals surface area (Å²) in [5.41, 5.74) is 2.75. The molecule has 1 aliphatic heterocycles. The van der Waals surface area contributed by atoms with E-state index in [4.69, 9.17) is 0 Å². The highest BCUT2D eigenvalue weighted by Crippen LogP contribution is 2.25. The molecule has 0 unspecified atom stereocenters. The third kappa shape index (κ3) is 4.54. The third-order valence-electron chi connectivity index (χ3n) is 4.99. The zero-order chi connectivity index (χ0) is 18.8. The highest BCUT2D eigenvalue weighted by molar-refractivity contribution is 7.13. The Morgan fingerprint density at radius 2 is 1.85 bits per heavy atom. The molecular weight excluding hydrogens is 360 g/mol. The molecule has 0 radical (unpaired) electrons. The third-order valence-corrected chi connectivity index (χ3v) is 5.88.